The van der Waals surface area contributed by atoms with Gasteiger partial charge in [-0.1, -0.05) is 36.9 Å². The smallest absolute Gasteiger partial charge is 0.226 e. The Kier molecular flexibility index (Phi) is 3.06. The molecule has 0 spiro atoms. The lowest BCUT2D eigenvalue weighted by Crippen LogP contribution is -1.92. The van der Waals surface area contributed by atoms with Gasteiger partial charge in [0.25, 0.3) is 0 Å². The number of benzene rings is 1. The molecule has 0 fully saturated rings. The fourth-order valence-corrected chi connectivity index (χ4v) is 1.09. The summed E-state index contributed by atoms with van der Waals surface area (Å²) >= 11 is 5.23. The molecule has 2 heteroatoms. The average molecular weight is 181 g/mol. The quantitative estimate of drug-likeness (QED) is 0.654. The number of hydrogen-bond donors (Lipinski definition) is 0. The van der Waals surface area contributed by atoms with Gasteiger partial charge in [-0.3, -0.25) is 4.79 Å². The number of carbonyl (C=O) groups excluding carboxylic acids is 1. The highest BCUT2D eigenvalue weighted by molar-refractivity contribution is 6.63. The van der Waals surface area contributed by atoms with Gasteiger partial charge in [0.05, 0.1) is 0 Å². The van der Waals surface area contributed by atoms with Gasteiger partial charge in [-0.05, 0) is 22.7 Å². The Labute approximate surface area is 76.7 Å². The SMILES string of the molecule is C=Cc1ccc(CC(=O)Cl)cc1. The topological polar surface area (TPSA) is 17.1 Å². The maximum atomic E-state index is 10.5. The van der Waals surface area contributed by atoms with Crippen LogP contribution in [0.1, 0.15) is 11.1 Å². The van der Waals surface area contributed by atoms with Crippen molar-refractivity contribution in [3.63, 3.8) is 0 Å². The predicted molar refractivity (Wildman–Crippen MR) is 51.1 cm³/mol. The second-order valence-electron chi connectivity index (χ2n) is 2.48. The number of carbonyl (C=O) groups is 1. The van der Waals surface area contributed by atoms with E-state index in [9.17, 15) is 4.79 Å². The van der Waals surface area contributed by atoms with Gasteiger partial charge in [0.1, 0.15) is 0 Å². The average Bonchev–Trinajstić information content (AvgIpc) is 2.05. The summed E-state index contributed by atoms with van der Waals surface area (Å²) in [7, 11) is 0. The van der Waals surface area contributed by atoms with Crippen molar-refractivity contribution >= 4 is 22.9 Å². The molecule has 0 amide bonds. The van der Waals surface area contributed by atoms with Crippen molar-refractivity contribution in [3.05, 3.63) is 42.0 Å². The first-order valence-corrected chi connectivity index (χ1v) is 4.00. The van der Waals surface area contributed by atoms with Crippen molar-refractivity contribution in [2.75, 3.05) is 0 Å². The van der Waals surface area contributed by atoms with Crippen LogP contribution in [0.3, 0.4) is 0 Å². The second-order valence-corrected chi connectivity index (χ2v) is 2.90. The molecule has 1 aromatic carbocycles. The van der Waals surface area contributed by atoms with Crippen molar-refractivity contribution in [1.82, 2.24) is 0 Å². The standard InChI is InChI=1S/C10H9ClO/c1-2-8-3-5-9(6-4-8)7-10(11)12/h2-6H,1,7H2. The molecule has 0 saturated heterocycles. The summed E-state index contributed by atoms with van der Waals surface area (Å²) < 4.78 is 0. The van der Waals surface area contributed by atoms with Crippen LogP contribution in [0.15, 0.2) is 30.8 Å². The van der Waals surface area contributed by atoms with Crippen molar-refractivity contribution in [3.8, 4) is 0 Å². The van der Waals surface area contributed by atoms with E-state index >= 15 is 0 Å². The van der Waals surface area contributed by atoms with E-state index in [0.29, 0.717) is 6.42 Å². The minimum Gasteiger partial charge on any atom is -0.281 e. The Morgan fingerprint density at radius 3 is 2.42 bits per heavy atom. The van der Waals surface area contributed by atoms with Crippen molar-refractivity contribution < 1.29 is 4.79 Å². The van der Waals surface area contributed by atoms with Crippen LogP contribution in [-0.2, 0) is 11.2 Å². The summed E-state index contributed by atoms with van der Waals surface area (Å²) in [5.74, 6) is 0. The van der Waals surface area contributed by atoms with Crippen LogP contribution >= 0.6 is 11.6 Å². The Bertz CT molecular complexity index is 287. The van der Waals surface area contributed by atoms with E-state index < -0.39 is 0 Å². The molecule has 0 unspecified atom stereocenters. The third-order valence-corrected chi connectivity index (χ3v) is 1.69. The zero-order valence-electron chi connectivity index (χ0n) is 6.59. The van der Waals surface area contributed by atoms with Crippen LogP contribution < -0.4 is 0 Å². The highest BCUT2D eigenvalue weighted by atomic mass is 35.5. The highest BCUT2D eigenvalue weighted by Crippen LogP contribution is 2.06. The van der Waals surface area contributed by atoms with Crippen molar-refractivity contribution in [1.29, 1.82) is 0 Å². The van der Waals surface area contributed by atoms with Gasteiger partial charge < -0.3 is 0 Å². The summed E-state index contributed by atoms with van der Waals surface area (Å²) in [4.78, 5) is 10.5. The summed E-state index contributed by atoms with van der Waals surface area (Å²) in [5, 5.41) is -0.332. The second kappa shape index (κ2) is 4.07. The van der Waals surface area contributed by atoms with E-state index in [2.05, 4.69) is 6.58 Å². The molecule has 1 nitrogen and oxygen atoms in total. The van der Waals surface area contributed by atoms with Crippen LogP contribution in [0, 0.1) is 0 Å². The summed E-state index contributed by atoms with van der Waals surface area (Å²) in [5.41, 5.74) is 1.97. The Morgan fingerprint density at radius 2 is 2.00 bits per heavy atom. The summed E-state index contributed by atoms with van der Waals surface area (Å²) in [6.45, 7) is 3.63. The first-order valence-electron chi connectivity index (χ1n) is 3.62. The molecule has 0 aliphatic rings. The third-order valence-electron chi connectivity index (χ3n) is 1.56. The molecule has 0 aliphatic carbocycles. The van der Waals surface area contributed by atoms with Gasteiger partial charge in [0, 0.05) is 6.42 Å². The number of hydrogen-bond acceptors (Lipinski definition) is 1. The fourth-order valence-electron chi connectivity index (χ4n) is 0.932. The summed E-state index contributed by atoms with van der Waals surface area (Å²) in [6.07, 6.45) is 2.05. The monoisotopic (exact) mass is 180 g/mol. The van der Waals surface area contributed by atoms with Crippen LogP contribution in [-0.4, -0.2) is 5.24 Å². The maximum absolute atomic E-state index is 10.5. The van der Waals surface area contributed by atoms with E-state index in [1.54, 1.807) is 6.08 Å². The van der Waals surface area contributed by atoms with E-state index in [4.69, 9.17) is 11.6 Å². The van der Waals surface area contributed by atoms with E-state index in [0.717, 1.165) is 11.1 Å². The zero-order chi connectivity index (χ0) is 8.97. The number of rotatable bonds is 3. The molecule has 1 aromatic rings. The molecule has 0 N–H and O–H groups in total. The van der Waals surface area contributed by atoms with Gasteiger partial charge in [-0.15, -0.1) is 0 Å². The predicted octanol–water partition coefficient (Wildman–Crippen LogP) is 2.64. The molecular formula is C10H9ClO. The molecule has 1 rings (SSSR count). The molecule has 0 aliphatic heterocycles. The molecule has 0 bridgehead atoms. The zero-order valence-corrected chi connectivity index (χ0v) is 7.34. The lowest BCUT2D eigenvalue weighted by Gasteiger charge is -1.96. The lowest BCUT2D eigenvalue weighted by atomic mass is 10.1. The van der Waals surface area contributed by atoms with Crippen molar-refractivity contribution in [2.24, 2.45) is 0 Å². The van der Waals surface area contributed by atoms with Crippen molar-refractivity contribution in [2.45, 2.75) is 6.42 Å². The molecular weight excluding hydrogens is 172 g/mol. The van der Waals surface area contributed by atoms with Gasteiger partial charge >= 0.3 is 0 Å². The normalized spacial score (nSPS) is 9.42. The summed E-state index contributed by atoms with van der Waals surface area (Å²) in [6, 6.07) is 7.55. The van der Waals surface area contributed by atoms with E-state index in [1.165, 1.54) is 0 Å². The molecule has 0 atom stereocenters. The van der Waals surface area contributed by atoms with E-state index in [1.807, 2.05) is 24.3 Å². The van der Waals surface area contributed by atoms with Gasteiger partial charge in [-0.25, -0.2) is 0 Å². The molecule has 0 radical (unpaired) electrons. The largest absolute Gasteiger partial charge is 0.281 e. The maximum Gasteiger partial charge on any atom is 0.226 e. The fraction of sp³-hybridized carbons (Fsp3) is 0.100. The van der Waals surface area contributed by atoms with Crippen LogP contribution in [0.2, 0.25) is 0 Å². The Morgan fingerprint density at radius 1 is 1.42 bits per heavy atom. The van der Waals surface area contributed by atoms with E-state index in [-0.39, 0.29) is 5.24 Å². The van der Waals surface area contributed by atoms with Gasteiger partial charge in [0.15, 0.2) is 0 Å². The molecule has 12 heavy (non-hydrogen) atoms. The third kappa shape index (κ3) is 2.51. The van der Waals surface area contributed by atoms with Gasteiger partial charge in [-0.2, -0.15) is 0 Å². The Balaban J connectivity index is 2.77. The highest BCUT2D eigenvalue weighted by Gasteiger charge is 1.97. The van der Waals surface area contributed by atoms with Crippen LogP contribution in [0.4, 0.5) is 0 Å². The first-order chi connectivity index (χ1) is 5.72. The van der Waals surface area contributed by atoms with Crippen LogP contribution in [0.25, 0.3) is 6.08 Å². The molecule has 0 heterocycles. The minimum absolute atomic E-state index is 0.291. The lowest BCUT2D eigenvalue weighted by molar-refractivity contribution is -0.111. The van der Waals surface area contributed by atoms with Crippen LogP contribution in [0.5, 0.6) is 0 Å². The molecule has 62 valence electrons. The van der Waals surface area contributed by atoms with Gasteiger partial charge in [0.2, 0.25) is 5.24 Å². The minimum atomic E-state index is -0.332. The molecule has 0 aromatic heterocycles. The first kappa shape index (κ1) is 9.01. The Hall–Kier alpha value is -1.08. The molecule has 0 saturated carbocycles. The number of halogens is 1.